The van der Waals surface area contributed by atoms with Crippen LogP contribution in [0.3, 0.4) is 0 Å². The zero-order chi connectivity index (χ0) is 13.4. The zero-order valence-electron chi connectivity index (χ0n) is 10.7. The summed E-state index contributed by atoms with van der Waals surface area (Å²) in [5.74, 6) is 4.37. The van der Waals surface area contributed by atoms with Crippen molar-refractivity contribution in [2.45, 2.75) is 43.8 Å². The Morgan fingerprint density at radius 3 is 2.42 bits per heavy atom. The van der Waals surface area contributed by atoms with E-state index in [9.17, 15) is 8.42 Å². The van der Waals surface area contributed by atoms with Gasteiger partial charge in [0.2, 0.25) is 0 Å². The molecule has 0 aliphatic heterocycles. The first kappa shape index (κ1) is 12.1. The molecule has 2 bridgehead atoms. The smallest absolute Gasteiger partial charge is 0.296 e. The second-order valence-corrected chi connectivity index (χ2v) is 8.50. The van der Waals surface area contributed by atoms with Crippen LogP contribution in [0.5, 0.6) is 0 Å². The molecule has 0 radical (unpaired) electrons. The highest BCUT2D eigenvalue weighted by Gasteiger charge is 2.66. The van der Waals surface area contributed by atoms with Crippen LogP contribution in [-0.4, -0.2) is 23.2 Å². The molecule has 3 aliphatic carbocycles. The molecule has 19 heavy (non-hydrogen) atoms. The molecule has 0 aromatic carbocycles. The van der Waals surface area contributed by atoms with Gasteiger partial charge in [0.05, 0.1) is 0 Å². The fourth-order valence-corrected chi connectivity index (χ4v) is 5.66. The van der Waals surface area contributed by atoms with Crippen molar-refractivity contribution in [1.82, 2.24) is 14.8 Å². The average Bonchev–Trinajstić information content (AvgIpc) is 2.75. The highest BCUT2D eigenvalue weighted by Crippen LogP contribution is 2.72. The van der Waals surface area contributed by atoms with Gasteiger partial charge in [-0.15, -0.1) is 10.2 Å². The number of nitrogens with zero attached hydrogens (tertiary/aromatic N) is 3. The Labute approximate surface area is 116 Å². The van der Waals surface area contributed by atoms with Crippen molar-refractivity contribution in [2.24, 2.45) is 23.7 Å². The molecule has 0 saturated heterocycles. The van der Waals surface area contributed by atoms with Crippen LogP contribution in [-0.2, 0) is 15.6 Å². The van der Waals surface area contributed by atoms with Gasteiger partial charge < -0.3 is 4.57 Å². The quantitative estimate of drug-likeness (QED) is 0.801. The van der Waals surface area contributed by atoms with Crippen LogP contribution < -0.4 is 0 Å². The molecule has 3 aliphatic rings. The summed E-state index contributed by atoms with van der Waals surface area (Å²) in [5, 5.41) is 7.86. The third kappa shape index (κ3) is 1.56. The van der Waals surface area contributed by atoms with Gasteiger partial charge in [-0.3, -0.25) is 0 Å². The molecule has 4 rings (SSSR count). The molecule has 4 atom stereocenters. The van der Waals surface area contributed by atoms with Crippen molar-refractivity contribution < 1.29 is 8.42 Å². The molecule has 3 saturated carbocycles. The Balaban J connectivity index is 1.73. The van der Waals surface area contributed by atoms with Gasteiger partial charge in [0, 0.05) is 23.1 Å². The second kappa shape index (κ2) is 3.73. The van der Waals surface area contributed by atoms with Gasteiger partial charge in [-0.1, -0.05) is 0 Å². The molecule has 7 heteroatoms. The summed E-state index contributed by atoms with van der Waals surface area (Å²) >= 11 is 0. The SMILES string of the molecule is CCn1c(C2C3C4CCC(C4)C23)nnc1S(=O)(=O)Cl. The summed E-state index contributed by atoms with van der Waals surface area (Å²) in [4.78, 5) is 0. The summed E-state index contributed by atoms with van der Waals surface area (Å²) in [6.07, 6.45) is 4.04. The second-order valence-electron chi connectivity index (χ2n) is 6.04. The molecule has 1 aromatic heterocycles. The monoisotopic (exact) mass is 301 g/mol. The fraction of sp³-hybridized carbons (Fsp3) is 0.833. The van der Waals surface area contributed by atoms with Gasteiger partial charge in [-0.2, -0.15) is 0 Å². The van der Waals surface area contributed by atoms with E-state index in [1.807, 2.05) is 6.92 Å². The van der Waals surface area contributed by atoms with Crippen molar-refractivity contribution in [3.63, 3.8) is 0 Å². The van der Waals surface area contributed by atoms with Gasteiger partial charge in [0.15, 0.2) is 0 Å². The van der Waals surface area contributed by atoms with E-state index in [0.717, 1.165) is 29.5 Å². The van der Waals surface area contributed by atoms with Crippen LogP contribution in [0.4, 0.5) is 0 Å². The van der Waals surface area contributed by atoms with Crippen molar-refractivity contribution in [1.29, 1.82) is 0 Å². The van der Waals surface area contributed by atoms with Crippen LogP contribution in [0.1, 0.15) is 37.9 Å². The lowest BCUT2D eigenvalue weighted by atomic mass is 10.0. The minimum absolute atomic E-state index is 0.0935. The Morgan fingerprint density at radius 1 is 1.26 bits per heavy atom. The van der Waals surface area contributed by atoms with Gasteiger partial charge in [0.25, 0.3) is 14.2 Å². The standard InChI is InChI=1S/C12H16ClN3O2S/c1-2-16-11(14-15-12(16)19(13,17)18)10-8-6-3-4-7(5-6)9(8)10/h6-10H,2-5H2,1H3. The maximum Gasteiger partial charge on any atom is 0.296 e. The van der Waals surface area contributed by atoms with E-state index in [1.54, 1.807) is 4.57 Å². The lowest BCUT2D eigenvalue weighted by Crippen LogP contribution is -2.10. The Morgan fingerprint density at radius 2 is 1.89 bits per heavy atom. The first-order valence-electron chi connectivity index (χ1n) is 6.90. The van der Waals surface area contributed by atoms with Crippen LogP contribution in [0.25, 0.3) is 0 Å². The number of halogens is 1. The molecule has 0 amide bonds. The molecule has 1 heterocycles. The normalized spacial score (nSPS) is 39.6. The van der Waals surface area contributed by atoms with Gasteiger partial charge in [-0.05, 0) is 49.9 Å². The average molecular weight is 302 g/mol. The lowest BCUT2D eigenvalue weighted by Gasteiger charge is -2.09. The summed E-state index contributed by atoms with van der Waals surface area (Å²) < 4.78 is 24.7. The van der Waals surface area contributed by atoms with Gasteiger partial charge in [0.1, 0.15) is 5.82 Å². The van der Waals surface area contributed by atoms with Crippen LogP contribution in [0.15, 0.2) is 5.16 Å². The van der Waals surface area contributed by atoms with Crippen molar-refractivity contribution in [3.8, 4) is 0 Å². The maximum absolute atomic E-state index is 11.5. The maximum atomic E-state index is 11.5. The number of aromatic nitrogens is 3. The Kier molecular flexibility index (Phi) is 2.38. The fourth-order valence-electron chi connectivity index (χ4n) is 4.69. The molecular formula is C12H16ClN3O2S. The van der Waals surface area contributed by atoms with Crippen LogP contribution in [0, 0.1) is 23.7 Å². The third-order valence-electron chi connectivity index (χ3n) is 5.31. The van der Waals surface area contributed by atoms with Gasteiger partial charge >= 0.3 is 0 Å². The van der Waals surface area contributed by atoms with Crippen LogP contribution in [0.2, 0.25) is 0 Å². The first-order chi connectivity index (χ1) is 9.02. The Hall–Kier alpha value is -0.620. The summed E-state index contributed by atoms with van der Waals surface area (Å²) in [6, 6.07) is 0. The van der Waals surface area contributed by atoms with Crippen molar-refractivity contribution >= 4 is 19.7 Å². The largest absolute Gasteiger partial charge is 0.301 e. The highest BCUT2D eigenvalue weighted by atomic mass is 35.7. The van der Waals surface area contributed by atoms with E-state index >= 15 is 0 Å². The molecule has 1 aromatic rings. The summed E-state index contributed by atoms with van der Waals surface area (Å²) in [5.41, 5.74) is 0. The summed E-state index contributed by atoms with van der Waals surface area (Å²) in [6.45, 7) is 2.46. The number of rotatable bonds is 3. The first-order valence-corrected chi connectivity index (χ1v) is 9.21. The van der Waals surface area contributed by atoms with Crippen molar-refractivity contribution in [3.05, 3.63) is 5.82 Å². The molecule has 4 unspecified atom stereocenters. The predicted octanol–water partition coefficient (Wildman–Crippen LogP) is 1.98. The molecule has 0 spiro atoms. The summed E-state index contributed by atoms with van der Waals surface area (Å²) in [7, 11) is 1.62. The zero-order valence-corrected chi connectivity index (χ0v) is 12.2. The Bertz CT molecular complexity index is 625. The number of hydrogen-bond acceptors (Lipinski definition) is 4. The lowest BCUT2D eigenvalue weighted by molar-refractivity contribution is 0.456. The number of hydrogen-bond donors (Lipinski definition) is 0. The minimum atomic E-state index is -3.80. The molecule has 104 valence electrons. The molecule has 0 N–H and O–H groups in total. The van der Waals surface area contributed by atoms with E-state index in [4.69, 9.17) is 10.7 Å². The number of fused-ring (bicyclic) bond motifs is 5. The van der Waals surface area contributed by atoms with Crippen LogP contribution >= 0.6 is 10.7 Å². The topological polar surface area (TPSA) is 64.8 Å². The molecule has 5 nitrogen and oxygen atoms in total. The molecule has 3 fully saturated rings. The van der Waals surface area contributed by atoms with E-state index in [-0.39, 0.29) is 5.16 Å². The highest BCUT2D eigenvalue weighted by molar-refractivity contribution is 8.13. The molecular weight excluding hydrogens is 286 g/mol. The van der Waals surface area contributed by atoms with E-state index in [1.165, 1.54) is 19.3 Å². The third-order valence-corrected chi connectivity index (χ3v) is 6.47. The van der Waals surface area contributed by atoms with E-state index < -0.39 is 9.05 Å². The predicted molar refractivity (Wildman–Crippen MR) is 69.3 cm³/mol. The minimum Gasteiger partial charge on any atom is -0.301 e. The van der Waals surface area contributed by atoms with E-state index in [2.05, 4.69) is 10.2 Å². The van der Waals surface area contributed by atoms with Crippen molar-refractivity contribution in [2.75, 3.05) is 0 Å². The van der Waals surface area contributed by atoms with E-state index in [0.29, 0.717) is 12.5 Å². The van der Waals surface area contributed by atoms with Gasteiger partial charge in [-0.25, -0.2) is 8.42 Å².